The minimum Gasteiger partial charge on any atom is -0.489 e. The maximum absolute atomic E-state index is 12.5. The summed E-state index contributed by atoms with van der Waals surface area (Å²) < 4.78 is 11.4. The predicted molar refractivity (Wildman–Crippen MR) is 129 cm³/mol. The van der Waals surface area contributed by atoms with Crippen LogP contribution in [-0.2, 0) is 11.3 Å². The Hall–Kier alpha value is -2.28. The summed E-state index contributed by atoms with van der Waals surface area (Å²) in [7, 11) is 0. The quantitative estimate of drug-likeness (QED) is 0.532. The third-order valence-electron chi connectivity index (χ3n) is 6.44. The van der Waals surface area contributed by atoms with Crippen LogP contribution in [0.5, 0.6) is 5.75 Å². The molecule has 1 aliphatic carbocycles. The van der Waals surface area contributed by atoms with Gasteiger partial charge in [-0.1, -0.05) is 48.0 Å². The number of alkyl carbamates (subject to hydrolysis) is 1. The molecular formula is C26H33ClN2O4. The molecule has 0 radical (unpaired) electrons. The number of carbonyl (C=O) groups excluding carboxylic acids is 1. The summed E-state index contributed by atoms with van der Waals surface area (Å²) in [5.41, 5.74) is 1.56. The summed E-state index contributed by atoms with van der Waals surface area (Å²) in [5, 5.41) is 14.5. The normalized spacial score (nSPS) is 18.7. The highest BCUT2D eigenvalue weighted by Crippen LogP contribution is 2.32. The van der Waals surface area contributed by atoms with E-state index in [1.54, 1.807) is 6.07 Å². The fraction of sp³-hybridized carbons (Fsp3) is 0.500. The topological polar surface area (TPSA) is 71.0 Å². The number of nitrogens with zero attached hydrogens (tertiary/aromatic N) is 1. The van der Waals surface area contributed by atoms with Crippen molar-refractivity contribution in [1.82, 2.24) is 10.2 Å². The first-order chi connectivity index (χ1) is 16.1. The van der Waals surface area contributed by atoms with Crippen LogP contribution in [0.3, 0.4) is 0 Å². The van der Waals surface area contributed by atoms with E-state index < -0.39 is 18.2 Å². The summed E-state index contributed by atoms with van der Waals surface area (Å²) in [6.45, 7) is 2.63. The maximum atomic E-state index is 12.5. The fourth-order valence-electron chi connectivity index (χ4n) is 4.60. The summed E-state index contributed by atoms with van der Waals surface area (Å²) >= 11 is 6.49. The van der Waals surface area contributed by atoms with Crippen LogP contribution in [0.1, 0.15) is 55.8 Å². The molecule has 2 aromatic carbocycles. The number of aliphatic hydroxyl groups excluding tert-OH is 1. The van der Waals surface area contributed by atoms with Crippen molar-refractivity contribution in [2.45, 2.75) is 63.4 Å². The van der Waals surface area contributed by atoms with Crippen molar-refractivity contribution in [1.29, 1.82) is 0 Å². The van der Waals surface area contributed by atoms with Gasteiger partial charge in [-0.05, 0) is 74.9 Å². The van der Waals surface area contributed by atoms with Crippen LogP contribution in [0.25, 0.3) is 0 Å². The zero-order chi connectivity index (χ0) is 23.0. The van der Waals surface area contributed by atoms with Crippen molar-refractivity contribution >= 4 is 17.7 Å². The van der Waals surface area contributed by atoms with Gasteiger partial charge in [0.1, 0.15) is 18.5 Å². The highest BCUT2D eigenvalue weighted by molar-refractivity contribution is 6.32. The predicted octanol–water partition coefficient (Wildman–Crippen LogP) is 5.09. The number of likely N-dealkylation sites (tertiary alicyclic amines) is 1. The summed E-state index contributed by atoms with van der Waals surface area (Å²) in [5.74, 6) is 0.644. The van der Waals surface area contributed by atoms with Crippen LogP contribution in [0.4, 0.5) is 4.79 Å². The summed E-state index contributed by atoms with van der Waals surface area (Å²) in [6.07, 6.45) is 5.46. The molecule has 6 nitrogen and oxygen atoms in total. The molecule has 2 aromatic rings. The molecule has 1 heterocycles. The van der Waals surface area contributed by atoms with Gasteiger partial charge in [-0.15, -0.1) is 0 Å². The number of rotatable bonds is 9. The van der Waals surface area contributed by atoms with Gasteiger partial charge in [-0.25, -0.2) is 4.79 Å². The smallest absolute Gasteiger partial charge is 0.407 e. The Kier molecular flexibility index (Phi) is 8.48. The minimum atomic E-state index is -0.923. The van der Waals surface area contributed by atoms with Gasteiger partial charge in [0.2, 0.25) is 0 Å². The van der Waals surface area contributed by atoms with E-state index >= 15 is 0 Å². The molecule has 4 rings (SSSR count). The summed E-state index contributed by atoms with van der Waals surface area (Å²) in [6, 6.07) is 14.4. The van der Waals surface area contributed by atoms with E-state index in [4.69, 9.17) is 21.1 Å². The van der Waals surface area contributed by atoms with E-state index in [2.05, 4.69) is 10.2 Å². The third-order valence-corrected chi connectivity index (χ3v) is 6.74. The highest BCUT2D eigenvalue weighted by atomic mass is 35.5. The molecular weight excluding hydrogens is 440 g/mol. The molecule has 2 atom stereocenters. The van der Waals surface area contributed by atoms with Crippen LogP contribution in [0, 0.1) is 0 Å². The highest BCUT2D eigenvalue weighted by Gasteiger charge is 2.28. The number of halogens is 1. The molecule has 0 aromatic heterocycles. The average molecular weight is 473 g/mol. The number of hydrogen-bond acceptors (Lipinski definition) is 5. The number of carbonyl (C=O) groups is 1. The lowest BCUT2D eigenvalue weighted by atomic mass is 10.0. The molecule has 0 bridgehead atoms. The second-order valence-electron chi connectivity index (χ2n) is 8.98. The van der Waals surface area contributed by atoms with E-state index in [0.717, 1.165) is 44.3 Å². The molecule has 1 aliphatic heterocycles. The van der Waals surface area contributed by atoms with Crippen molar-refractivity contribution < 1.29 is 19.4 Å². The monoisotopic (exact) mass is 472 g/mol. The Balaban J connectivity index is 1.41. The van der Waals surface area contributed by atoms with Crippen molar-refractivity contribution in [2.75, 3.05) is 19.6 Å². The van der Waals surface area contributed by atoms with Crippen LogP contribution in [-0.4, -0.2) is 47.9 Å². The van der Waals surface area contributed by atoms with E-state index in [1.807, 2.05) is 42.5 Å². The van der Waals surface area contributed by atoms with Gasteiger partial charge in [-0.2, -0.15) is 0 Å². The van der Waals surface area contributed by atoms with Crippen LogP contribution >= 0.6 is 11.6 Å². The first-order valence-corrected chi connectivity index (χ1v) is 12.3. The standard InChI is InChI=1S/C26H33ClN2O4/c27-22-16-20(12-13-24(22)33-21-10-4-5-11-21)25(30)23(17-29-14-6-7-15-29)28-26(31)32-18-19-8-2-1-3-9-19/h1-3,8-9,12-13,16,21,23,25,30H,4-7,10-11,14-15,17-18H2,(H,28,31)/t23-,25-/m1/s1. The van der Waals surface area contributed by atoms with E-state index in [1.165, 1.54) is 12.8 Å². The Bertz CT molecular complexity index is 898. The van der Waals surface area contributed by atoms with Gasteiger partial charge in [0, 0.05) is 6.54 Å². The molecule has 33 heavy (non-hydrogen) atoms. The molecule has 2 fully saturated rings. The van der Waals surface area contributed by atoms with E-state index in [0.29, 0.717) is 22.9 Å². The van der Waals surface area contributed by atoms with Gasteiger partial charge in [-0.3, -0.25) is 0 Å². The van der Waals surface area contributed by atoms with Gasteiger partial charge in [0.15, 0.2) is 0 Å². The second-order valence-corrected chi connectivity index (χ2v) is 9.39. The fourth-order valence-corrected chi connectivity index (χ4v) is 4.83. The first kappa shape index (κ1) is 23.9. The third kappa shape index (κ3) is 6.85. The second kappa shape index (κ2) is 11.7. The maximum Gasteiger partial charge on any atom is 0.407 e. The number of nitrogens with one attached hydrogen (secondary N) is 1. The van der Waals surface area contributed by atoms with Crippen molar-refractivity contribution in [3.05, 3.63) is 64.7 Å². The van der Waals surface area contributed by atoms with Gasteiger partial charge in [0.05, 0.1) is 17.2 Å². The Morgan fingerprint density at radius 2 is 1.82 bits per heavy atom. The molecule has 0 spiro atoms. The molecule has 1 saturated heterocycles. The zero-order valence-corrected chi connectivity index (χ0v) is 19.7. The number of hydrogen-bond donors (Lipinski definition) is 2. The van der Waals surface area contributed by atoms with Crippen LogP contribution in [0.15, 0.2) is 48.5 Å². The Labute approximate surface area is 200 Å². The van der Waals surface area contributed by atoms with Gasteiger partial charge in [0.25, 0.3) is 0 Å². The lowest BCUT2D eigenvalue weighted by molar-refractivity contribution is 0.0881. The molecule has 7 heteroatoms. The minimum absolute atomic E-state index is 0.179. The SMILES string of the molecule is O=C(N[C@H](CN1CCCC1)[C@H](O)c1ccc(OC2CCCC2)c(Cl)c1)OCc1ccccc1. The average Bonchev–Trinajstić information content (AvgIpc) is 3.53. The van der Waals surface area contributed by atoms with Crippen molar-refractivity contribution in [2.24, 2.45) is 0 Å². The van der Waals surface area contributed by atoms with Crippen LogP contribution < -0.4 is 10.1 Å². The van der Waals surface area contributed by atoms with E-state index in [9.17, 15) is 9.90 Å². The molecule has 2 N–H and O–H groups in total. The van der Waals surface area contributed by atoms with Gasteiger partial charge < -0.3 is 24.8 Å². The molecule has 1 amide bonds. The number of benzene rings is 2. The zero-order valence-electron chi connectivity index (χ0n) is 18.9. The van der Waals surface area contributed by atoms with E-state index in [-0.39, 0.29) is 12.7 Å². The molecule has 2 aliphatic rings. The van der Waals surface area contributed by atoms with Crippen molar-refractivity contribution in [3.8, 4) is 5.75 Å². The largest absolute Gasteiger partial charge is 0.489 e. The lowest BCUT2D eigenvalue weighted by Gasteiger charge is -2.28. The van der Waals surface area contributed by atoms with Crippen molar-refractivity contribution in [3.63, 3.8) is 0 Å². The van der Waals surface area contributed by atoms with Gasteiger partial charge >= 0.3 is 6.09 Å². The number of amides is 1. The Morgan fingerprint density at radius 3 is 2.52 bits per heavy atom. The molecule has 1 saturated carbocycles. The van der Waals surface area contributed by atoms with Crippen LogP contribution in [0.2, 0.25) is 5.02 Å². The lowest BCUT2D eigenvalue weighted by Crippen LogP contribution is -2.46. The molecule has 0 unspecified atom stereocenters. The summed E-state index contributed by atoms with van der Waals surface area (Å²) in [4.78, 5) is 14.8. The first-order valence-electron chi connectivity index (χ1n) is 11.9. The number of ether oxygens (including phenoxy) is 2. The Morgan fingerprint density at radius 1 is 1.09 bits per heavy atom. The molecule has 178 valence electrons. The number of aliphatic hydroxyl groups is 1.